The van der Waals surface area contributed by atoms with E-state index < -0.39 is 10.0 Å². The summed E-state index contributed by atoms with van der Waals surface area (Å²) in [6.07, 6.45) is 1.12. The summed E-state index contributed by atoms with van der Waals surface area (Å²) in [5.41, 5.74) is 1.88. The van der Waals surface area contributed by atoms with Crippen LogP contribution in [-0.4, -0.2) is 63.5 Å². The lowest BCUT2D eigenvalue weighted by Gasteiger charge is -2.22. The Morgan fingerprint density at radius 1 is 1.08 bits per heavy atom. The highest BCUT2D eigenvalue weighted by atomic mass is 32.2. The summed E-state index contributed by atoms with van der Waals surface area (Å²) < 4.78 is 24.8. The van der Waals surface area contributed by atoms with Gasteiger partial charge in [-0.15, -0.1) is 0 Å². The molecule has 0 bridgehead atoms. The van der Waals surface area contributed by atoms with Gasteiger partial charge in [0, 0.05) is 18.8 Å². The third kappa shape index (κ3) is 6.98. The monoisotopic (exact) mass is 355 g/mol. The number of nitrogens with zero attached hydrogens (tertiary/aromatic N) is 2. The minimum Gasteiger partial charge on any atom is -0.325 e. The van der Waals surface area contributed by atoms with Crippen LogP contribution in [0.5, 0.6) is 0 Å². The van der Waals surface area contributed by atoms with Crippen LogP contribution >= 0.6 is 0 Å². The molecule has 1 amide bonds. The molecule has 1 N–H and O–H groups in total. The molecule has 7 heteroatoms. The van der Waals surface area contributed by atoms with Crippen molar-refractivity contribution in [2.45, 2.75) is 26.2 Å². The Hall–Kier alpha value is -1.44. The summed E-state index contributed by atoms with van der Waals surface area (Å²) >= 11 is 0. The number of benzene rings is 1. The van der Waals surface area contributed by atoms with Crippen molar-refractivity contribution in [2.75, 3.05) is 45.3 Å². The lowest BCUT2D eigenvalue weighted by Crippen LogP contribution is -2.41. The summed E-state index contributed by atoms with van der Waals surface area (Å²) in [4.78, 5) is 14.0. The Morgan fingerprint density at radius 2 is 1.62 bits per heavy atom. The van der Waals surface area contributed by atoms with Gasteiger partial charge in [0.1, 0.15) is 0 Å². The zero-order valence-corrected chi connectivity index (χ0v) is 16.3. The van der Waals surface area contributed by atoms with Crippen LogP contribution in [0.4, 0.5) is 5.69 Å². The van der Waals surface area contributed by atoms with E-state index in [2.05, 4.69) is 26.1 Å². The molecule has 0 fully saturated rings. The maximum absolute atomic E-state index is 12.2. The van der Waals surface area contributed by atoms with E-state index in [4.69, 9.17) is 0 Å². The number of rotatable bonds is 7. The molecule has 0 saturated heterocycles. The number of carbonyl (C=O) groups excluding carboxylic acids is 1. The highest BCUT2D eigenvalue weighted by Gasteiger charge is 2.20. The molecule has 0 atom stereocenters. The Bertz CT molecular complexity index is 647. The van der Waals surface area contributed by atoms with Crippen molar-refractivity contribution in [1.29, 1.82) is 0 Å². The molecular weight excluding hydrogens is 326 g/mol. The quantitative estimate of drug-likeness (QED) is 0.809. The first-order valence-electron chi connectivity index (χ1n) is 7.90. The largest absolute Gasteiger partial charge is 0.325 e. The van der Waals surface area contributed by atoms with E-state index in [0.29, 0.717) is 12.2 Å². The zero-order valence-electron chi connectivity index (χ0n) is 15.5. The summed E-state index contributed by atoms with van der Waals surface area (Å²) in [7, 11) is 0.289. The van der Waals surface area contributed by atoms with Gasteiger partial charge in [0.05, 0.1) is 12.8 Å². The smallest absolute Gasteiger partial charge is 0.239 e. The van der Waals surface area contributed by atoms with Crippen LogP contribution in [0, 0.1) is 0 Å². The maximum atomic E-state index is 12.2. The predicted molar refractivity (Wildman–Crippen MR) is 98.7 cm³/mol. The number of carbonyl (C=O) groups is 1. The van der Waals surface area contributed by atoms with E-state index in [9.17, 15) is 13.2 Å². The molecule has 136 valence electrons. The van der Waals surface area contributed by atoms with Gasteiger partial charge in [-0.25, -0.2) is 8.42 Å². The first-order valence-corrected chi connectivity index (χ1v) is 9.74. The number of sulfonamides is 1. The Labute approximate surface area is 145 Å². The molecule has 0 aromatic heterocycles. The molecule has 6 nitrogen and oxygen atoms in total. The van der Waals surface area contributed by atoms with Crippen LogP contribution in [0.3, 0.4) is 0 Å². The van der Waals surface area contributed by atoms with E-state index in [1.54, 1.807) is 0 Å². The molecule has 1 rings (SSSR count). The van der Waals surface area contributed by atoms with E-state index in [1.807, 2.05) is 43.3 Å². The molecule has 0 aliphatic carbocycles. The van der Waals surface area contributed by atoms with Gasteiger partial charge in [0.25, 0.3) is 0 Å². The summed E-state index contributed by atoms with van der Waals surface area (Å²) in [6, 6.07) is 7.61. The average molecular weight is 356 g/mol. The average Bonchev–Trinajstić information content (AvgIpc) is 2.41. The number of hydrogen-bond acceptors (Lipinski definition) is 4. The van der Waals surface area contributed by atoms with E-state index in [1.165, 1.54) is 9.87 Å². The van der Waals surface area contributed by atoms with Crippen LogP contribution in [-0.2, 0) is 20.2 Å². The van der Waals surface area contributed by atoms with Crippen molar-refractivity contribution in [1.82, 2.24) is 9.21 Å². The lowest BCUT2D eigenvalue weighted by atomic mass is 9.87. The SMILES string of the molecule is CN(C)CCN(CC(=O)Nc1ccc(C(C)(C)C)cc1)S(C)(=O)=O. The van der Waals surface area contributed by atoms with E-state index >= 15 is 0 Å². The van der Waals surface area contributed by atoms with Crippen molar-refractivity contribution in [3.63, 3.8) is 0 Å². The fraction of sp³-hybridized carbons (Fsp3) is 0.588. The van der Waals surface area contributed by atoms with Gasteiger partial charge < -0.3 is 10.2 Å². The lowest BCUT2D eigenvalue weighted by molar-refractivity contribution is -0.116. The molecule has 1 aromatic carbocycles. The summed E-state index contributed by atoms with van der Waals surface area (Å²) in [5.74, 6) is -0.345. The predicted octanol–water partition coefficient (Wildman–Crippen LogP) is 1.75. The molecule has 0 radical (unpaired) electrons. The van der Waals surface area contributed by atoms with Gasteiger partial charge in [0.15, 0.2) is 0 Å². The maximum Gasteiger partial charge on any atom is 0.239 e. The van der Waals surface area contributed by atoms with Gasteiger partial charge in [0.2, 0.25) is 15.9 Å². The second-order valence-corrected chi connectivity index (χ2v) is 9.26. The fourth-order valence-electron chi connectivity index (χ4n) is 2.09. The molecular formula is C17H29N3O3S. The summed E-state index contributed by atoms with van der Waals surface area (Å²) in [6.45, 7) is 7.01. The third-order valence-electron chi connectivity index (χ3n) is 3.62. The van der Waals surface area contributed by atoms with Crippen LogP contribution < -0.4 is 5.32 Å². The second-order valence-electron chi connectivity index (χ2n) is 7.28. The van der Waals surface area contributed by atoms with Gasteiger partial charge in [-0.05, 0) is 37.2 Å². The van der Waals surface area contributed by atoms with E-state index in [-0.39, 0.29) is 24.4 Å². The molecule has 1 aromatic rings. The van der Waals surface area contributed by atoms with E-state index in [0.717, 1.165) is 6.26 Å². The van der Waals surface area contributed by atoms with Crippen molar-refractivity contribution in [2.24, 2.45) is 0 Å². The number of hydrogen-bond donors (Lipinski definition) is 1. The Morgan fingerprint density at radius 3 is 2.04 bits per heavy atom. The molecule has 0 heterocycles. The standard InChI is InChI=1S/C17H29N3O3S/c1-17(2,3)14-7-9-15(10-8-14)18-16(21)13-20(24(6,22)23)12-11-19(4)5/h7-10H,11-13H2,1-6H3,(H,18,21). The Balaban J connectivity index is 2.72. The van der Waals surface area contributed by atoms with Gasteiger partial charge in [-0.1, -0.05) is 32.9 Å². The second kappa shape index (κ2) is 8.09. The van der Waals surface area contributed by atoms with Crippen molar-refractivity contribution < 1.29 is 13.2 Å². The van der Waals surface area contributed by atoms with Crippen LogP contribution in [0.25, 0.3) is 0 Å². The van der Waals surface area contributed by atoms with Crippen LogP contribution in [0.15, 0.2) is 24.3 Å². The van der Waals surface area contributed by atoms with Crippen molar-refractivity contribution in [3.8, 4) is 0 Å². The van der Waals surface area contributed by atoms with Crippen molar-refractivity contribution in [3.05, 3.63) is 29.8 Å². The van der Waals surface area contributed by atoms with Gasteiger partial charge in [-0.3, -0.25) is 4.79 Å². The normalized spacial score (nSPS) is 12.7. The molecule has 0 spiro atoms. The van der Waals surface area contributed by atoms with Crippen molar-refractivity contribution >= 4 is 21.6 Å². The zero-order chi connectivity index (χ0) is 18.5. The molecule has 0 saturated carbocycles. The molecule has 24 heavy (non-hydrogen) atoms. The third-order valence-corrected chi connectivity index (χ3v) is 4.87. The molecule has 0 aliphatic heterocycles. The highest BCUT2D eigenvalue weighted by molar-refractivity contribution is 7.88. The first kappa shape index (κ1) is 20.6. The number of nitrogens with one attached hydrogen (secondary N) is 1. The minimum atomic E-state index is -3.43. The van der Waals surface area contributed by atoms with Gasteiger partial charge in [-0.2, -0.15) is 4.31 Å². The highest BCUT2D eigenvalue weighted by Crippen LogP contribution is 2.23. The number of amides is 1. The first-order chi connectivity index (χ1) is 10.9. The number of anilines is 1. The topological polar surface area (TPSA) is 69.7 Å². The minimum absolute atomic E-state index is 0.0435. The molecule has 0 unspecified atom stereocenters. The Kier molecular flexibility index (Phi) is 6.95. The summed E-state index contributed by atoms with van der Waals surface area (Å²) in [5, 5.41) is 2.75. The van der Waals surface area contributed by atoms with Crippen LogP contribution in [0.1, 0.15) is 26.3 Å². The number of likely N-dealkylation sites (N-methyl/N-ethyl adjacent to an activating group) is 1. The van der Waals surface area contributed by atoms with Crippen LogP contribution in [0.2, 0.25) is 0 Å². The molecule has 0 aliphatic rings. The van der Waals surface area contributed by atoms with Gasteiger partial charge >= 0.3 is 0 Å². The fourth-order valence-corrected chi connectivity index (χ4v) is 2.85.